The standard InChI is InChI=1S/C23H29N5O2S.HI/c1-27-17-19(16-26-27)22-18-28(12-14-30-22)23(24-10-9-20-6-5-13-29-20)25-11-15-31-21-7-3-2-4-8-21;/h2-8,13,16-17,22H,9-12,14-15,18H2,1H3,(H,24,25);1H. The third-order valence-corrected chi connectivity index (χ3v) is 6.07. The molecule has 0 aliphatic carbocycles. The minimum Gasteiger partial charge on any atom is -0.469 e. The Hall–Kier alpha value is -1.98. The first-order valence-corrected chi connectivity index (χ1v) is 11.6. The van der Waals surface area contributed by atoms with Gasteiger partial charge in [0.2, 0.25) is 0 Å². The lowest BCUT2D eigenvalue weighted by atomic mass is 10.1. The van der Waals surface area contributed by atoms with Gasteiger partial charge in [-0.05, 0) is 24.3 Å². The second-order valence-electron chi connectivity index (χ2n) is 7.38. The van der Waals surface area contributed by atoms with Crippen molar-refractivity contribution in [2.45, 2.75) is 17.4 Å². The van der Waals surface area contributed by atoms with Crippen molar-refractivity contribution < 1.29 is 9.15 Å². The van der Waals surface area contributed by atoms with E-state index in [0.29, 0.717) is 13.2 Å². The van der Waals surface area contributed by atoms with Crippen molar-refractivity contribution in [3.8, 4) is 0 Å². The van der Waals surface area contributed by atoms with Crippen LogP contribution in [0.3, 0.4) is 0 Å². The fourth-order valence-corrected chi connectivity index (χ4v) is 4.28. The zero-order chi connectivity index (χ0) is 21.3. The Morgan fingerprint density at radius 1 is 1.25 bits per heavy atom. The van der Waals surface area contributed by atoms with E-state index in [2.05, 4.69) is 39.6 Å². The normalized spacial score (nSPS) is 16.6. The number of furan rings is 1. The molecule has 1 fully saturated rings. The van der Waals surface area contributed by atoms with Crippen LogP contribution in [0.4, 0.5) is 0 Å². The maximum absolute atomic E-state index is 6.01. The van der Waals surface area contributed by atoms with E-state index in [1.165, 1.54) is 4.90 Å². The minimum absolute atomic E-state index is 0. The van der Waals surface area contributed by atoms with Crippen LogP contribution in [0, 0.1) is 0 Å². The smallest absolute Gasteiger partial charge is 0.194 e. The molecule has 1 saturated heterocycles. The van der Waals surface area contributed by atoms with Crippen LogP contribution in [0.15, 0.2) is 75.4 Å². The number of aliphatic imine (C=N–C) groups is 1. The van der Waals surface area contributed by atoms with E-state index in [0.717, 1.165) is 49.1 Å². The predicted octanol–water partition coefficient (Wildman–Crippen LogP) is 3.99. The molecule has 0 bridgehead atoms. The van der Waals surface area contributed by atoms with Crippen LogP contribution in [0.25, 0.3) is 0 Å². The summed E-state index contributed by atoms with van der Waals surface area (Å²) in [5.74, 6) is 2.85. The number of morpholine rings is 1. The van der Waals surface area contributed by atoms with E-state index in [9.17, 15) is 0 Å². The first-order valence-electron chi connectivity index (χ1n) is 10.6. The Morgan fingerprint density at radius 3 is 2.88 bits per heavy atom. The van der Waals surface area contributed by atoms with Crippen LogP contribution in [0.5, 0.6) is 0 Å². The summed E-state index contributed by atoms with van der Waals surface area (Å²) in [6, 6.07) is 14.4. The highest BCUT2D eigenvalue weighted by atomic mass is 127. The van der Waals surface area contributed by atoms with Crippen molar-refractivity contribution in [2.75, 3.05) is 38.5 Å². The molecule has 32 heavy (non-hydrogen) atoms. The van der Waals surface area contributed by atoms with Gasteiger partial charge in [0.1, 0.15) is 11.9 Å². The van der Waals surface area contributed by atoms with Gasteiger partial charge in [-0.2, -0.15) is 5.10 Å². The van der Waals surface area contributed by atoms with E-state index >= 15 is 0 Å². The molecule has 1 atom stereocenters. The average Bonchev–Trinajstić information content (AvgIpc) is 3.48. The first kappa shape index (κ1) is 24.7. The second-order valence-corrected chi connectivity index (χ2v) is 8.54. The maximum atomic E-state index is 6.01. The third kappa shape index (κ3) is 7.28. The van der Waals surface area contributed by atoms with Gasteiger partial charge < -0.3 is 19.4 Å². The van der Waals surface area contributed by atoms with Crippen LogP contribution in [0.1, 0.15) is 17.4 Å². The molecule has 0 radical (unpaired) electrons. The summed E-state index contributed by atoms with van der Waals surface area (Å²) < 4.78 is 13.3. The first-order chi connectivity index (χ1) is 15.3. The van der Waals surface area contributed by atoms with E-state index in [1.54, 1.807) is 6.26 Å². The van der Waals surface area contributed by atoms with Gasteiger partial charge in [-0.1, -0.05) is 18.2 Å². The average molecular weight is 567 g/mol. The monoisotopic (exact) mass is 567 g/mol. The lowest BCUT2D eigenvalue weighted by Crippen LogP contribution is -2.48. The fraction of sp³-hybridized carbons (Fsp3) is 0.391. The number of ether oxygens (including phenoxy) is 1. The summed E-state index contributed by atoms with van der Waals surface area (Å²) in [5, 5.41) is 7.85. The third-order valence-electron chi connectivity index (χ3n) is 5.06. The summed E-state index contributed by atoms with van der Waals surface area (Å²) in [4.78, 5) is 8.46. The number of thioether (sulfide) groups is 1. The molecule has 1 N–H and O–H groups in total. The lowest BCUT2D eigenvalue weighted by Gasteiger charge is -2.35. The number of hydrogen-bond donors (Lipinski definition) is 1. The predicted molar refractivity (Wildman–Crippen MR) is 139 cm³/mol. The molecule has 1 aliphatic heterocycles. The summed E-state index contributed by atoms with van der Waals surface area (Å²) in [6.45, 7) is 3.75. The molecule has 172 valence electrons. The van der Waals surface area contributed by atoms with Crippen molar-refractivity contribution in [2.24, 2.45) is 12.0 Å². The number of rotatable bonds is 8. The number of aromatic nitrogens is 2. The van der Waals surface area contributed by atoms with E-state index in [4.69, 9.17) is 14.1 Å². The molecule has 0 saturated carbocycles. The van der Waals surface area contributed by atoms with Gasteiger partial charge in [0.15, 0.2) is 5.96 Å². The van der Waals surface area contributed by atoms with Gasteiger partial charge in [0, 0.05) is 55.5 Å². The van der Waals surface area contributed by atoms with E-state index in [1.807, 2.05) is 54.1 Å². The summed E-state index contributed by atoms with van der Waals surface area (Å²) in [5.41, 5.74) is 1.10. The fourth-order valence-electron chi connectivity index (χ4n) is 3.49. The number of nitrogens with zero attached hydrogens (tertiary/aromatic N) is 4. The molecule has 0 amide bonds. The van der Waals surface area contributed by atoms with Crippen molar-refractivity contribution in [1.29, 1.82) is 0 Å². The molecule has 3 aromatic rings. The van der Waals surface area contributed by atoms with Gasteiger partial charge in [-0.3, -0.25) is 9.67 Å². The zero-order valence-corrected chi connectivity index (χ0v) is 21.4. The summed E-state index contributed by atoms with van der Waals surface area (Å²) in [6.07, 6.45) is 6.39. The highest BCUT2D eigenvalue weighted by Gasteiger charge is 2.25. The van der Waals surface area contributed by atoms with E-state index < -0.39 is 0 Å². The zero-order valence-electron chi connectivity index (χ0n) is 18.2. The van der Waals surface area contributed by atoms with Crippen molar-refractivity contribution in [3.63, 3.8) is 0 Å². The highest BCUT2D eigenvalue weighted by Crippen LogP contribution is 2.22. The van der Waals surface area contributed by atoms with E-state index in [-0.39, 0.29) is 30.1 Å². The van der Waals surface area contributed by atoms with Gasteiger partial charge >= 0.3 is 0 Å². The molecule has 7 nitrogen and oxygen atoms in total. The van der Waals surface area contributed by atoms with Crippen LogP contribution in [-0.2, 0) is 18.2 Å². The minimum atomic E-state index is -0.00165. The van der Waals surface area contributed by atoms with Crippen LogP contribution < -0.4 is 5.32 Å². The topological polar surface area (TPSA) is 67.8 Å². The quantitative estimate of drug-likeness (QED) is 0.146. The molecular formula is C23H30IN5O2S. The molecule has 3 heterocycles. The molecule has 1 aromatic carbocycles. The molecule has 0 spiro atoms. The summed E-state index contributed by atoms with van der Waals surface area (Å²) in [7, 11) is 1.93. The Labute approximate surface area is 210 Å². The Bertz CT molecular complexity index is 948. The van der Waals surface area contributed by atoms with Crippen LogP contribution in [0.2, 0.25) is 0 Å². The lowest BCUT2D eigenvalue weighted by molar-refractivity contribution is -0.00803. The molecule has 2 aromatic heterocycles. The molecule has 1 unspecified atom stereocenters. The number of benzene rings is 1. The van der Waals surface area contributed by atoms with Crippen LogP contribution >= 0.6 is 35.7 Å². The SMILES string of the molecule is Cn1cc(C2CN(C(=NCCc3ccco3)NCCSc3ccccc3)CCO2)cn1.I. The van der Waals surface area contributed by atoms with Gasteiger partial charge in [0.25, 0.3) is 0 Å². The highest BCUT2D eigenvalue weighted by molar-refractivity contribution is 14.0. The molecular weight excluding hydrogens is 537 g/mol. The van der Waals surface area contributed by atoms with Gasteiger partial charge in [0.05, 0.1) is 25.6 Å². The van der Waals surface area contributed by atoms with Crippen molar-refractivity contribution in [3.05, 3.63) is 72.4 Å². The van der Waals surface area contributed by atoms with Gasteiger partial charge in [-0.25, -0.2) is 0 Å². The van der Waals surface area contributed by atoms with Gasteiger partial charge in [-0.15, -0.1) is 35.7 Å². The van der Waals surface area contributed by atoms with Crippen molar-refractivity contribution >= 4 is 41.7 Å². The summed E-state index contributed by atoms with van der Waals surface area (Å²) >= 11 is 1.84. The number of hydrogen-bond acceptors (Lipinski definition) is 5. The molecule has 4 rings (SSSR count). The number of aryl methyl sites for hydroxylation is 1. The molecule has 9 heteroatoms. The largest absolute Gasteiger partial charge is 0.469 e. The van der Waals surface area contributed by atoms with Crippen LogP contribution in [-0.4, -0.2) is 59.2 Å². The number of guanidine groups is 1. The number of nitrogens with one attached hydrogen (secondary N) is 1. The number of halogens is 1. The Balaban J connectivity index is 0.00000289. The molecule has 1 aliphatic rings. The Kier molecular flexibility index (Phi) is 9.94. The maximum Gasteiger partial charge on any atom is 0.194 e. The van der Waals surface area contributed by atoms with Crippen molar-refractivity contribution in [1.82, 2.24) is 20.0 Å². The Morgan fingerprint density at radius 2 is 2.12 bits per heavy atom. The second kappa shape index (κ2) is 12.9.